The Kier molecular flexibility index (Phi) is 3.45. The minimum Gasteiger partial charge on any atom is -0.358 e. The zero-order chi connectivity index (χ0) is 14.1. The number of hydrogen-bond acceptors (Lipinski definition) is 4. The average Bonchev–Trinajstić information content (AvgIpc) is 2.25. The molecule has 0 amide bonds. The lowest BCUT2D eigenvalue weighted by molar-refractivity contribution is -0.389. The van der Waals surface area contributed by atoms with E-state index in [-0.39, 0.29) is 6.07 Å². The number of nitrogens with zero attached hydrogens (tertiary/aromatic N) is 3. The van der Waals surface area contributed by atoms with E-state index < -0.39 is 40.2 Å². The van der Waals surface area contributed by atoms with E-state index >= 15 is 0 Å². The minimum atomic E-state index is -5.25. The zero-order valence-electron chi connectivity index (χ0n) is 8.20. The second-order valence-corrected chi connectivity index (χ2v) is 2.96. The van der Waals surface area contributed by atoms with Gasteiger partial charge in [-0.2, -0.15) is 18.4 Å². The molecule has 0 saturated heterocycles. The molecule has 5 nitrogen and oxygen atoms in total. The molecule has 96 valence electrons. The van der Waals surface area contributed by atoms with Crippen molar-refractivity contribution in [3.8, 4) is 6.07 Å². The Morgan fingerprint density at radius 1 is 1.44 bits per heavy atom. The Hall–Kier alpha value is -2.31. The standard InChI is InChI=1S/C8H2F5N3O2/c9-7(10)6-5(8(11,12)13)3(2-14)1-4(15-6)16(17)18/h1,7H. The summed E-state index contributed by atoms with van der Waals surface area (Å²) in [6.07, 6.45) is -8.94. The summed E-state index contributed by atoms with van der Waals surface area (Å²) in [5.74, 6) is -1.24. The van der Waals surface area contributed by atoms with E-state index in [4.69, 9.17) is 5.26 Å². The van der Waals surface area contributed by atoms with Gasteiger partial charge in [-0.15, -0.1) is 0 Å². The van der Waals surface area contributed by atoms with Crippen LogP contribution in [0, 0.1) is 21.4 Å². The Labute approximate surface area is 95.6 Å². The lowest BCUT2D eigenvalue weighted by Gasteiger charge is -2.10. The van der Waals surface area contributed by atoms with Gasteiger partial charge in [-0.1, -0.05) is 0 Å². The third-order valence-electron chi connectivity index (χ3n) is 1.83. The van der Waals surface area contributed by atoms with Gasteiger partial charge in [-0.05, 0) is 9.91 Å². The van der Waals surface area contributed by atoms with Crippen LogP contribution in [0.3, 0.4) is 0 Å². The highest BCUT2D eigenvalue weighted by Gasteiger charge is 2.43. The van der Waals surface area contributed by atoms with E-state index in [1.807, 2.05) is 0 Å². The van der Waals surface area contributed by atoms with Crippen LogP contribution in [0.15, 0.2) is 6.07 Å². The maximum Gasteiger partial charge on any atom is 0.421 e. The molecule has 0 saturated carbocycles. The van der Waals surface area contributed by atoms with Crippen LogP contribution in [0.5, 0.6) is 0 Å². The van der Waals surface area contributed by atoms with Gasteiger partial charge in [-0.3, -0.25) is 0 Å². The van der Waals surface area contributed by atoms with E-state index in [9.17, 15) is 32.1 Å². The quantitative estimate of drug-likeness (QED) is 0.468. The molecular weight excluding hydrogens is 265 g/mol. The van der Waals surface area contributed by atoms with Crippen LogP contribution in [0.1, 0.15) is 23.2 Å². The molecular formula is C8H2F5N3O2. The van der Waals surface area contributed by atoms with E-state index in [1.54, 1.807) is 0 Å². The number of hydrogen-bond donors (Lipinski definition) is 0. The van der Waals surface area contributed by atoms with Crippen molar-refractivity contribution in [2.45, 2.75) is 12.6 Å². The second-order valence-electron chi connectivity index (χ2n) is 2.96. The Balaban J connectivity index is 3.69. The van der Waals surface area contributed by atoms with Crippen molar-refractivity contribution in [1.29, 1.82) is 5.26 Å². The molecule has 1 heterocycles. The number of nitriles is 1. The molecule has 0 unspecified atom stereocenters. The first-order valence-electron chi connectivity index (χ1n) is 4.13. The molecule has 0 fully saturated rings. The maximum atomic E-state index is 12.5. The number of aromatic nitrogens is 1. The largest absolute Gasteiger partial charge is 0.421 e. The smallest absolute Gasteiger partial charge is 0.358 e. The zero-order valence-corrected chi connectivity index (χ0v) is 8.20. The van der Waals surface area contributed by atoms with E-state index in [2.05, 4.69) is 4.98 Å². The first-order valence-corrected chi connectivity index (χ1v) is 4.13. The highest BCUT2D eigenvalue weighted by Crippen LogP contribution is 2.38. The molecule has 0 atom stereocenters. The van der Waals surface area contributed by atoms with Gasteiger partial charge in [0.15, 0.2) is 0 Å². The average molecular weight is 267 g/mol. The van der Waals surface area contributed by atoms with Crippen molar-refractivity contribution in [1.82, 2.24) is 4.98 Å². The molecule has 0 radical (unpaired) electrons. The summed E-state index contributed by atoms with van der Waals surface area (Å²) in [5.41, 5.74) is -5.04. The van der Waals surface area contributed by atoms with Crippen LogP contribution in [-0.2, 0) is 6.18 Å². The van der Waals surface area contributed by atoms with Crippen LogP contribution in [0.25, 0.3) is 0 Å². The van der Waals surface area contributed by atoms with Crippen LogP contribution < -0.4 is 0 Å². The molecule has 0 aliphatic rings. The molecule has 10 heteroatoms. The van der Waals surface area contributed by atoms with Crippen LogP contribution >= 0.6 is 0 Å². The molecule has 1 rings (SSSR count). The van der Waals surface area contributed by atoms with Gasteiger partial charge in [0.05, 0.1) is 11.6 Å². The van der Waals surface area contributed by atoms with Crippen molar-refractivity contribution in [2.75, 3.05) is 0 Å². The van der Waals surface area contributed by atoms with Gasteiger partial charge in [0.25, 0.3) is 0 Å². The molecule has 0 aromatic carbocycles. The fourth-order valence-electron chi connectivity index (χ4n) is 1.19. The lowest BCUT2D eigenvalue weighted by Crippen LogP contribution is -2.15. The van der Waals surface area contributed by atoms with Gasteiger partial charge in [0.1, 0.15) is 11.6 Å². The number of pyridine rings is 1. The molecule has 0 bridgehead atoms. The molecule has 0 aliphatic carbocycles. The summed E-state index contributed by atoms with van der Waals surface area (Å²) in [4.78, 5) is 11.7. The van der Waals surface area contributed by atoms with Crippen molar-refractivity contribution in [2.24, 2.45) is 0 Å². The van der Waals surface area contributed by atoms with Crippen molar-refractivity contribution < 1.29 is 26.9 Å². The number of alkyl halides is 5. The lowest BCUT2D eigenvalue weighted by atomic mass is 10.1. The Morgan fingerprint density at radius 3 is 2.33 bits per heavy atom. The SMILES string of the molecule is N#Cc1cc([N+](=O)[O-])nc(C(F)F)c1C(F)(F)F. The summed E-state index contributed by atoms with van der Waals surface area (Å²) in [6, 6.07) is 1.20. The third kappa shape index (κ3) is 2.50. The van der Waals surface area contributed by atoms with Crippen molar-refractivity contribution in [3.63, 3.8) is 0 Å². The molecule has 0 aliphatic heterocycles. The Bertz CT molecular complexity index is 535. The van der Waals surface area contributed by atoms with Crippen LogP contribution in [0.4, 0.5) is 27.8 Å². The summed E-state index contributed by atoms with van der Waals surface area (Å²) < 4.78 is 62.3. The molecule has 1 aromatic heterocycles. The molecule has 0 N–H and O–H groups in total. The predicted molar refractivity (Wildman–Crippen MR) is 45.6 cm³/mol. The third-order valence-corrected chi connectivity index (χ3v) is 1.83. The van der Waals surface area contributed by atoms with E-state index in [0.717, 1.165) is 6.07 Å². The first kappa shape index (κ1) is 13.8. The minimum absolute atomic E-state index is 0.203. The highest BCUT2D eigenvalue weighted by atomic mass is 19.4. The van der Waals surface area contributed by atoms with Gasteiger partial charge in [0, 0.05) is 0 Å². The van der Waals surface area contributed by atoms with Gasteiger partial charge in [-0.25, -0.2) is 8.78 Å². The fraction of sp³-hybridized carbons (Fsp3) is 0.250. The maximum absolute atomic E-state index is 12.5. The van der Waals surface area contributed by atoms with Crippen LogP contribution in [0.2, 0.25) is 0 Å². The van der Waals surface area contributed by atoms with Gasteiger partial charge in [0.2, 0.25) is 5.69 Å². The first-order chi connectivity index (χ1) is 8.18. The highest BCUT2D eigenvalue weighted by molar-refractivity contribution is 5.47. The van der Waals surface area contributed by atoms with E-state index in [1.165, 1.54) is 0 Å². The predicted octanol–water partition coefficient (Wildman–Crippen LogP) is 2.82. The normalized spacial score (nSPS) is 11.4. The van der Waals surface area contributed by atoms with Gasteiger partial charge < -0.3 is 10.1 Å². The van der Waals surface area contributed by atoms with Crippen LogP contribution in [-0.4, -0.2) is 9.91 Å². The topological polar surface area (TPSA) is 79.8 Å². The number of nitro groups is 1. The van der Waals surface area contributed by atoms with E-state index in [0.29, 0.717) is 0 Å². The molecule has 18 heavy (non-hydrogen) atoms. The number of halogens is 5. The molecule has 1 aromatic rings. The van der Waals surface area contributed by atoms with Gasteiger partial charge >= 0.3 is 18.4 Å². The fourth-order valence-corrected chi connectivity index (χ4v) is 1.19. The monoisotopic (exact) mass is 267 g/mol. The number of rotatable bonds is 2. The molecule has 0 spiro atoms. The Morgan fingerprint density at radius 2 is 2.00 bits per heavy atom. The summed E-state index contributed by atoms with van der Waals surface area (Å²) in [5, 5.41) is 18.8. The van der Waals surface area contributed by atoms with Crippen molar-refractivity contribution in [3.05, 3.63) is 33.0 Å². The summed E-state index contributed by atoms with van der Waals surface area (Å²) in [7, 11) is 0. The second kappa shape index (κ2) is 4.52. The van der Waals surface area contributed by atoms with Crippen molar-refractivity contribution >= 4 is 5.82 Å². The summed E-state index contributed by atoms with van der Waals surface area (Å²) in [6.45, 7) is 0. The summed E-state index contributed by atoms with van der Waals surface area (Å²) >= 11 is 0.